The number of unbranched alkanes of at least 4 members (excludes halogenated alkanes) is 2. The lowest BCUT2D eigenvalue weighted by molar-refractivity contribution is -0.140. The van der Waals surface area contributed by atoms with Crippen molar-refractivity contribution in [1.29, 1.82) is 0 Å². The van der Waals surface area contributed by atoms with Crippen LogP contribution in [-0.2, 0) is 24.1 Å². The number of anilines is 1. The number of nitrogens with one attached hydrogen (secondary N) is 1. The molecule has 9 heteroatoms. The van der Waals surface area contributed by atoms with E-state index in [0.717, 1.165) is 22.3 Å². The molecule has 0 spiro atoms. The van der Waals surface area contributed by atoms with Gasteiger partial charge in [0.1, 0.15) is 15.5 Å². The van der Waals surface area contributed by atoms with E-state index in [-0.39, 0.29) is 30.7 Å². The maximum Gasteiger partial charge on any atom is 0.235 e. The third-order valence-electron chi connectivity index (χ3n) is 8.40. The Morgan fingerprint density at radius 2 is 1.38 bits per heavy atom. The molecule has 3 aromatic carbocycles. The standard InChI is InChI=1S/C31H27Cl3N2O4/c1-40-24-15-14-18(32)17-23(24)35-25(37)13-3-2-8-16-36-28(38)26-27(29(36)39)31(34)20-10-5-4-9-19(20)30(26,33)21-11-6-7-12-22(21)31/h4-7,9-12,14-15,17,26-27H,2-3,8,13,16H2,1H3,(H,35,37)/t26-,27+,30?,31?. The molecule has 0 unspecified atom stereocenters. The number of alkyl halides is 2. The molecule has 2 atom stereocenters. The van der Waals surface area contributed by atoms with Crippen molar-refractivity contribution in [2.24, 2.45) is 11.8 Å². The van der Waals surface area contributed by atoms with Gasteiger partial charge in [0.15, 0.2) is 0 Å². The Hall–Kier alpha value is -3.06. The summed E-state index contributed by atoms with van der Waals surface area (Å²) >= 11 is 20.9. The normalized spacial score (nSPS) is 25.9. The van der Waals surface area contributed by atoms with Crippen LogP contribution in [0.5, 0.6) is 5.75 Å². The molecule has 1 heterocycles. The van der Waals surface area contributed by atoms with E-state index in [1.54, 1.807) is 18.2 Å². The van der Waals surface area contributed by atoms with Gasteiger partial charge in [-0.15, -0.1) is 23.2 Å². The van der Waals surface area contributed by atoms with Crippen LogP contribution in [0.25, 0.3) is 0 Å². The lowest BCUT2D eigenvalue weighted by atomic mass is 9.54. The molecule has 0 radical (unpaired) electrons. The van der Waals surface area contributed by atoms with E-state index in [1.807, 2.05) is 48.5 Å². The van der Waals surface area contributed by atoms with Crippen molar-refractivity contribution in [2.75, 3.05) is 19.0 Å². The summed E-state index contributed by atoms with van der Waals surface area (Å²) < 4.78 is 5.27. The second-order valence-corrected chi connectivity index (χ2v) is 12.1. The van der Waals surface area contributed by atoms with Gasteiger partial charge in [-0.3, -0.25) is 19.3 Å². The number of likely N-dealkylation sites (tertiary alicyclic amines) is 1. The van der Waals surface area contributed by atoms with Crippen LogP contribution in [-0.4, -0.2) is 36.3 Å². The summed E-state index contributed by atoms with van der Waals surface area (Å²) in [6, 6.07) is 20.2. The van der Waals surface area contributed by atoms with E-state index in [4.69, 9.17) is 39.5 Å². The highest BCUT2D eigenvalue weighted by atomic mass is 35.5. The molecule has 1 N–H and O–H groups in total. The van der Waals surface area contributed by atoms with E-state index in [0.29, 0.717) is 35.7 Å². The Kier molecular flexibility index (Phi) is 6.84. The highest BCUT2D eigenvalue weighted by molar-refractivity contribution is 6.36. The first kappa shape index (κ1) is 27.1. The van der Waals surface area contributed by atoms with Gasteiger partial charge < -0.3 is 10.1 Å². The van der Waals surface area contributed by atoms with Crippen molar-refractivity contribution in [2.45, 2.75) is 35.4 Å². The number of methoxy groups -OCH3 is 1. The quantitative estimate of drug-likeness (QED) is 0.184. The zero-order valence-corrected chi connectivity index (χ0v) is 24.0. The summed E-state index contributed by atoms with van der Waals surface area (Å²) in [5.74, 6) is -1.79. The molecule has 1 saturated heterocycles. The predicted molar refractivity (Wildman–Crippen MR) is 155 cm³/mol. The smallest absolute Gasteiger partial charge is 0.235 e. The largest absolute Gasteiger partial charge is 0.495 e. The van der Waals surface area contributed by atoms with Crippen molar-refractivity contribution in [3.63, 3.8) is 0 Å². The number of hydrogen-bond acceptors (Lipinski definition) is 4. The first-order valence-electron chi connectivity index (χ1n) is 13.3. The van der Waals surface area contributed by atoms with E-state index >= 15 is 0 Å². The average molecular weight is 598 g/mol. The molecule has 3 aliphatic carbocycles. The van der Waals surface area contributed by atoms with Crippen LogP contribution >= 0.6 is 34.8 Å². The molecule has 3 amide bonds. The summed E-state index contributed by atoms with van der Waals surface area (Å²) in [7, 11) is 1.52. The van der Waals surface area contributed by atoms with Crippen molar-refractivity contribution in [3.05, 3.63) is 94.0 Å². The topological polar surface area (TPSA) is 75.7 Å². The van der Waals surface area contributed by atoms with Gasteiger partial charge >= 0.3 is 0 Å². The van der Waals surface area contributed by atoms with E-state index < -0.39 is 21.6 Å². The van der Waals surface area contributed by atoms with E-state index in [2.05, 4.69) is 5.32 Å². The number of ether oxygens (including phenoxy) is 1. The maximum atomic E-state index is 13.8. The minimum Gasteiger partial charge on any atom is -0.495 e. The molecule has 40 heavy (non-hydrogen) atoms. The molecule has 7 rings (SSSR count). The third kappa shape index (κ3) is 3.87. The Morgan fingerprint density at radius 3 is 1.88 bits per heavy atom. The average Bonchev–Trinajstić information content (AvgIpc) is 3.22. The monoisotopic (exact) mass is 596 g/mol. The minimum atomic E-state index is -1.17. The summed E-state index contributed by atoms with van der Waals surface area (Å²) in [4.78, 5) is 39.2. The second-order valence-electron chi connectivity index (χ2n) is 10.5. The summed E-state index contributed by atoms with van der Waals surface area (Å²) in [5, 5.41) is 3.32. The van der Waals surface area contributed by atoms with Crippen molar-refractivity contribution >= 4 is 58.2 Å². The first-order chi connectivity index (χ1) is 19.2. The predicted octanol–water partition coefficient (Wildman–Crippen LogP) is 6.44. The van der Waals surface area contributed by atoms with Crippen LogP contribution in [0.1, 0.15) is 47.9 Å². The van der Waals surface area contributed by atoms with Crippen LogP contribution in [0.4, 0.5) is 5.69 Å². The van der Waals surface area contributed by atoms with Crippen LogP contribution in [0, 0.1) is 11.8 Å². The van der Waals surface area contributed by atoms with Gasteiger partial charge in [0.2, 0.25) is 17.7 Å². The van der Waals surface area contributed by atoms with Crippen LogP contribution in [0.3, 0.4) is 0 Å². The number of hydrogen-bond donors (Lipinski definition) is 1. The Morgan fingerprint density at radius 1 is 0.850 bits per heavy atom. The van der Waals surface area contributed by atoms with Gasteiger partial charge in [-0.2, -0.15) is 0 Å². The lowest BCUT2D eigenvalue weighted by Crippen LogP contribution is -2.57. The number of halogens is 3. The fourth-order valence-corrected chi connectivity index (χ4v) is 7.94. The van der Waals surface area contributed by atoms with E-state index in [1.165, 1.54) is 12.0 Å². The number of carbonyl (C=O) groups excluding carboxylic acids is 3. The van der Waals surface area contributed by atoms with Crippen molar-refractivity contribution in [1.82, 2.24) is 4.90 Å². The summed E-state index contributed by atoms with van der Waals surface area (Å²) in [6.45, 7) is 0.251. The van der Waals surface area contributed by atoms with Crippen LogP contribution < -0.4 is 10.1 Å². The van der Waals surface area contributed by atoms with Crippen molar-refractivity contribution < 1.29 is 19.1 Å². The zero-order chi connectivity index (χ0) is 28.2. The maximum absolute atomic E-state index is 13.8. The van der Waals surface area contributed by atoms with Gasteiger partial charge in [-0.1, -0.05) is 66.6 Å². The minimum absolute atomic E-state index is 0.167. The number of carbonyl (C=O) groups is 3. The highest BCUT2D eigenvalue weighted by Gasteiger charge is 2.72. The number of benzene rings is 3. The number of rotatable bonds is 8. The SMILES string of the molecule is COc1ccc(Cl)cc1NC(=O)CCCCCN1C(=O)[C@@H]2[C@H](C1=O)C1(Cl)c3ccccc3C2(Cl)c2ccccc21. The van der Waals surface area contributed by atoms with Crippen LogP contribution in [0.15, 0.2) is 66.7 Å². The fourth-order valence-electron chi connectivity index (χ4n) is 6.67. The Labute approximate surface area is 247 Å². The summed E-state index contributed by atoms with van der Waals surface area (Å²) in [6.07, 6.45) is 2.09. The van der Waals surface area contributed by atoms with Gasteiger partial charge in [-0.05, 0) is 53.3 Å². The van der Waals surface area contributed by atoms with E-state index in [9.17, 15) is 14.4 Å². The van der Waals surface area contributed by atoms with Crippen molar-refractivity contribution in [3.8, 4) is 5.75 Å². The third-order valence-corrected chi connectivity index (χ3v) is 9.92. The first-order valence-corrected chi connectivity index (χ1v) is 14.4. The van der Waals surface area contributed by atoms with Gasteiger partial charge in [0, 0.05) is 18.0 Å². The Balaban J connectivity index is 1.15. The molecule has 6 nitrogen and oxygen atoms in total. The Bertz CT molecular complexity index is 1420. The zero-order valence-electron chi connectivity index (χ0n) is 21.8. The molecule has 1 fully saturated rings. The van der Waals surface area contributed by atoms with Crippen LogP contribution in [0.2, 0.25) is 5.02 Å². The molecule has 206 valence electrons. The fraction of sp³-hybridized carbons (Fsp3) is 0.323. The molecular weight excluding hydrogens is 571 g/mol. The van der Waals surface area contributed by atoms with Gasteiger partial charge in [-0.25, -0.2) is 0 Å². The number of amides is 3. The lowest BCUT2D eigenvalue weighted by Gasteiger charge is -2.54. The molecule has 0 saturated carbocycles. The van der Waals surface area contributed by atoms with Gasteiger partial charge in [0.25, 0.3) is 0 Å². The van der Waals surface area contributed by atoms with Gasteiger partial charge in [0.05, 0.1) is 24.6 Å². The molecule has 4 aliphatic rings. The number of imide groups is 1. The second kappa shape index (κ2) is 10.1. The summed E-state index contributed by atoms with van der Waals surface area (Å²) in [5.41, 5.74) is 3.67. The highest BCUT2D eigenvalue weighted by Crippen LogP contribution is 2.69. The molecule has 0 aromatic heterocycles. The molecule has 1 aliphatic heterocycles. The molecular formula is C31H27Cl3N2O4. The molecule has 2 bridgehead atoms. The number of nitrogens with zero attached hydrogens (tertiary/aromatic N) is 1. The molecule has 3 aromatic rings.